The number of carbonyl (C=O) groups excluding carboxylic acids is 2. The number of aryl methyl sites for hydroxylation is 1. The van der Waals surface area contributed by atoms with E-state index in [1.807, 2.05) is 6.92 Å². The van der Waals surface area contributed by atoms with E-state index in [1.54, 1.807) is 50.5 Å². The highest BCUT2D eigenvalue weighted by molar-refractivity contribution is 7.91. The molecule has 7 nitrogen and oxygen atoms in total. The van der Waals surface area contributed by atoms with Gasteiger partial charge in [0.05, 0.1) is 0 Å². The highest BCUT2D eigenvalue weighted by Gasteiger charge is 2.39. The molecule has 2 heterocycles. The van der Waals surface area contributed by atoms with E-state index in [0.29, 0.717) is 24.9 Å². The molecule has 1 aliphatic heterocycles. The summed E-state index contributed by atoms with van der Waals surface area (Å²) in [6, 6.07) is 9.68. The summed E-state index contributed by atoms with van der Waals surface area (Å²) < 4.78 is 27.4. The number of nitrogens with zero attached hydrogens (tertiary/aromatic N) is 2. The highest BCUT2D eigenvalue weighted by atomic mass is 32.2. The lowest BCUT2D eigenvalue weighted by Gasteiger charge is -2.22. The van der Waals surface area contributed by atoms with E-state index >= 15 is 0 Å². The molecule has 3 rings (SSSR count). The number of carbonyl (C=O) groups is 2. The number of thiophene rings is 1. The lowest BCUT2D eigenvalue weighted by Crippen LogP contribution is -2.45. The zero-order valence-electron chi connectivity index (χ0n) is 16.7. The normalized spacial score (nSPS) is 17.3. The van der Waals surface area contributed by atoms with Crippen molar-refractivity contribution in [2.45, 2.75) is 36.6 Å². The monoisotopic (exact) mass is 435 g/mol. The van der Waals surface area contributed by atoms with Gasteiger partial charge in [0.1, 0.15) is 10.3 Å². The van der Waals surface area contributed by atoms with Crippen molar-refractivity contribution in [2.75, 3.05) is 20.6 Å². The minimum absolute atomic E-state index is 0.0868. The fourth-order valence-electron chi connectivity index (χ4n) is 3.29. The van der Waals surface area contributed by atoms with Crippen molar-refractivity contribution in [3.05, 3.63) is 52.4 Å². The number of hydrogen-bond donors (Lipinski definition) is 1. The van der Waals surface area contributed by atoms with Gasteiger partial charge in [0, 0.05) is 37.6 Å². The molecule has 1 aliphatic rings. The first-order chi connectivity index (χ1) is 13.7. The van der Waals surface area contributed by atoms with Crippen molar-refractivity contribution >= 4 is 33.2 Å². The SMILES string of the molecule is Cc1ccc(S(=O)(=O)N2CCCC2C(=O)NCc2ccc(C(=O)N(C)C)cc2)s1. The van der Waals surface area contributed by atoms with Crippen LogP contribution in [0.4, 0.5) is 0 Å². The van der Waals surface area contributed by atoms with E-state index in [-0.39, 0.29) is 22.6 Å². The molecule has 0 radical (unpaired) electrons. The molecule has 1 aromatic carbocycles. The number of rotatable bonds is 6. The average molecular weight is 436 g/mol. The summed E-state index contributed by atoms with van der Waals surface area (Å²) in [4.78, 5) is 27.1. The number of sulfonamides is 1. The van der Waals surface area contributed by atoms with Gasteiger partial charge in [-0.15, -0.1) is 11.3 Å². The molecule has 1 fully saturated rings. The minimum Gasteiger partial charge on any atom is -0.351 e. The molecule has 1 N–H and O–H groups in total. The molecule has 1 atom stereocenters. The molecule has 1 aromatic heterocycles. The summed E-state index contributed by atoms with van der Waals surface area (Å²) in [7, 11) is -0.290. The van der Waals surface area contributed by atoms with Crippen LogP contribution in [0.15, 0.2) is 40.6 Å². The Hall–Kier alpha value is -2.23. The first-order valence-corrected chi connectivity index (χ1v) is 11.6. The zero-order valence-corrected chi connectivity index (χ0v) is 18.3. The second kappa shape index (κ2) is 8.64. The summed E-state index contributed by atoms with van der Waals surface area (Å²) in [5, 5.41) is 2.83. The van der Waals surface area contributed by atoms with Crippen molar-refractivity contribution in [3.8, 4) is 0 Å². The van der Waals surface area contributed by atoms with Crippen molar-refractivity contribution < 1.29 is 18.0 Å². The summed E-state index contributed by atoms with van der Waals surface area (Å²) >= 11 is 1.22. The Morgan fingerprint density at radius 3 is 2.45 bits per heavy atom. The van der Waals surface area contributed by atoms with E-state index in [2.05, 4.69) is 5.32 Å². The summed E-state index contributed by atoms with van der Waals surface area (Å²) in [5.74, 6) is -0.385. The minimum atomic E-state index is -3.67. The van der Waals surface area contributed by atoms with Crippen molar-refractivity contribution in [1.29, 1.82) is 0 Å². The maximum Gasteiger partial charge on any atom is 0.253 e. The third kappa shape index (κ3) is 4.68. The Kier molecular flexibility index (Phi) is 6.40. The van der Waals surface area contributed by atoms with Gasteiger partial charge in [-0.2, -0.15) is 4.31 Å². The van der Waals surface area contributed by atoms with Gasteiger partial charge < -0.3 is 10.2 Å². The molecular weight excluding hydrogens is 410 g/mol. The van der Waals surface area contributed by atoms with E-state index in [1.165, 1.54) is 20.5 Å². The third-order valence-electron chi connectivity index (χ3n) is 4.86. The van der Waals surface area contributed by atoms with E-state index in [0.717, 1.165) is 10.4 Å². The van der Waals surface area contributed by atoms with Crippen LogP contribution in [0.5, 0.6) is 0 Å². The number of amides is 2. The third-order valence-corrected chi connectivity index (χ3v) is 8.24. The maximum atomic E-state index is 12.9. The fraction of sp³-hybridized carbons (Fsp3) is 0.400. The largest absolute Gasteiger partial charge is 0.351 e. The molecule has 2 amide bonds. The molecular formula is C20H25N3O4S2. The molecule has 9 heteroatoms. The molecule has 0 saturated carbocycles. The molecule has 0 spiro atoms. The van der Waals surface area contributed by atoms with Gasteiger partial charge in [-0.1, -0.05) is 12.1 Å². The highest BCUT2D eigenvalue weighted by Crippen LogP contribution is 2.30. The fourth-order valence-corrected chi connectivity index (χ4v) is 6.36. The maximum absolute atomic E-state index is 12.9. The summed E-state index contributed by atoms with van der Waals surface area (Å²) in [5.41, 5.74) is 1.42. The number of benzene rings is 1. The Labute approximate surface area is 175 Å². The van der Waals surface area contributed by atoms with Gasteiger partial charge in [-0.25, -0.2) is 8.42 Å². The molecule has 29 heavy (non-hydrogen) atoms. The predicted molar refractivity (Wildman–Crippen MR) is 112 cm³/mol. The van der Waals surface area contributed by atoms with Crippen LogP contribution in [0, 0.1) is 6.92 Å². The van der Waals surface area contributed by atoms with Gasteiger partial charge in [-0.3, -0.25) is 9.59 Å². The van der Waals surface area contributed by atoms with Gasteiger partial charge in [0.25, 0.3) is 15.9 Å². The van der Waals surface area contributed by atoms with Crippen LogP contribution in [-0.4, -0.2) is 56.1 Å². The number of hydrogen-bond acceptors (Lipinski definition) is 5. The van der Waals surface area contributed by atoms with Crippen LogP contribution >= 0.6 is 11.3 Å². The second-order valence-electron chi connectivity index (χ2n) is 7.25. The van der Waals surface area contributed by atoms with E-state index in [4.69, 9.17) is 0 Å². The zero-order chi connectivity index (χ0) is 21.2. The Morgan fingerprint density at radius 2 is 1.86 bits per heavy atom. The standard InChI is InChI=1S/C20H25N3O4S2/c1-14-6-11-18(28-14)29(26,27)23-12-4-5-17(23)19(24)21-13-15-7-9-16(10-8-15)20(25)22(2)3/h6-11,17H,4-5,12-13H2,1-3H3,(H,21,24). The molecule has 2 aromatic rings. The van der Waals surface area contributed by atoms with Crippen LogP contribution < -0.4 is 5.32 Å². The van der Waals surface area contributed by atoms with Crippen LogP contribution in [0.1, 0.15) is 33.6 Å². The molecule has 0 bridgehead atoms. The van der Waals surface area contributed by atoms with Crippen LogP contribution in [0.3, 0.4) is 0 Å². The van der Waals surface area contributed by atoms with Crippen molar-refractivity contribution in [2.24, 2.45) is 0 Å². The second-order valence-corrected chi connectivity index (χ2v) is 10.7. The molecule has 1 saturated heterocycles. The van der Waals surface area contributed by atoms with Gasteiger partial charge in [0.2, 0.25) is 5.91 Å². The van der Waals surface area contributed by atoms with Crippen LogP contribution in [-0.2, 0) is 21.4 Å². The van der Waals surface area contributed by atoms with Gasteiger partial charge in [-0.05, 0) is 49.6 Å². The quantitative estimate of drug-likeness (QED) is 0.754. The van der Waals surface area contributed by atoms with Gasteiger partial charge in [0.15, 0.2) is 0 Å². The van der Waals surface area contributed by atoms with Crippen molar-refractivity contribution in [1.82, 2.24) is 14.5 Å². The Balaban J connectivity index is 1.65. The van der Waals surface area contributed by atoms with Crippen LogP contribution in [0.25, 0.3) is 0 Å². The Morgan fingerprint density at radius 1 is 1.17 bits per heavy atom. The van der Waals surface area contributed by atoms with E-state index in [9.17, 15) is 18.0 Å². The predicted octanol–water partition coefficient (Wildman–Crippen LogP) is 2.23. The smallest absolute Gasteiger partial charge is 0.253 e. The first kappa shape index (κ1) is 21.5. The topological polar surface area (TPSA) is 86.8 Å². The lowest BCUT2D eigenvalue weighted by atomic mass is 10.1. The molecule has 0 aliphatic carbocycles. The summed E-state index contributed by atoms with van der Waals surface area (Å²) in [6.45, 7) is 2.48. The average Bonchev–Trinajstić information content (AvgIpc) is 3.35. The molecule has 156 valence electrons. The first-order valence-electron chi connectivity index (χ1n) is 9.37. The van der Waals surface area contributed by atoms with Gasteiger partial charge >= 0.3 is 0 Å². The lowest BCUT2D eigenvalue weighted by molar-refractivity contribution is -0.124. The summed E-state index contributed by atoms with van der Waals surface area (Å²) in [6.07, 6.45) is 1.16. The number of nitrogens with one attached hydrogen (secondary N) is 1. The van der Waals surface area contributed by atoms with Crippen molar-refractivity contribution in [3.63, 3.8) is 0 Å². The van der Waals surface area contributed by atoms with E-state index < -0.39 is 16.1 Å². The van der Waals surface area contributed by atoms with Crippen LogP contribution in [0.2, 0.25) is 0 Å². The Bertz CT molecular complexity index is 997. The molecule has 1 unspecified atom stereocenters.